The minimum absolute atomic E-state index is 0.0908. The minimum Gasteiger partial charge on any atom is -0.401 e. The first kappa shape index (κ1) is 25.3. The zero-order valence-corrected chi connectivity index (χ0v) is 21.0. The molecule has 0 unspecified atom stereocenters. The fraction of sp³-hybridized carbons (Fsp3) is 0.345. The van der Waals surface area contributed by atoms with Crippen molar-refractivity contribution in [1.29, 1.82) is 0 Å². The molecule has 4 aliphatic rings. The van der Waals surface area contributed by atoms with Crippen LogP contribution in [-0.4, -0.2) is 5.97 Å². The zero-order chi connectivity index (χ0) is 26.8. The van der Waals surface area contributed by atoms with Gasteiger partial charge >= 0.3 is 5.97 Å². The van der Waals surface area contributed by atoms with E-state index in [1.807, 2.05) is 0 Å². The molecule has 4 bridgehead atoms. The van der Waals surface area contributed by atoms with Gasteiger partial charge in [-0.25, -0.2) is 26.3 Å². The second-order valence-electron chi connectivity index (χ2n) is 10.8. The molecule has 0 amide bonds. The molecule has 0 aromatic heterocycles. The highest BCUT2D eigenvalue weighted by molar-refractivity contribution is 8.30. The molecule has 200 valence electrons. The van der Waals surface area contributed by atoms with E-state index in [-0.39, 0.29) is 4.90 Å². The van der Waals surface area contributed by atoms with Gasteiger partial charge in [-0.3, -0.25) is 4.79 Å². The lowest BCUT2D eigenvalue weighted by Crippen LogP contribution is -2.50. The van der Waals surface area contributed by atoms with Gasteiger partial charge in [0.2, 0.25) is 0 Å². The standard InChI is InChI=1S/C29H24F6O2S/c30-19-9-22(32)26(23(33)10-19)38(21-4-2-1-3-5-21,27-24(34)11-20(31)12-25(27)35)37-28(36)29-13-16-6-17(14-29)8-18(7-16)15-29/h1-5,9-12,16-18H,6-8,13-15H2. The third-order valence-electron chi connectivity index (χ3n) is 8.25. The molecule has 7 rings (SSSR count). The number of hydrogen-bond donors (Lipinski definition) is 0. The molecule has 4 aliphatic carbocycles. The average Bonchev–Trinajstić information content (AvgIpc) is 2.82. The highest BCUT2D eigenvalue weighted by Gasteiger charge is 2.57. The lowest BCUT2D eigenvalue weighted by atomic mass is 9.49. The summed E-state index contributed by atoms with van der Waals surface area (Å²) in [5.41, 5.74) is -0.957. The van der Waals surface area contributed by atoms with E-state index in [0.29, 0.717) is 61.3 Å². The smallest absolute Gasteiger partial charge is 0.323 e. The predicted octanol–water partition coefficient (Wildman–Crippen LogP) is 8.48. The molecule has 0 heterocycles. The van der Waals surface area contributed by atoms with E-state index in [4.69, 9.17) is 4.18 Å². The second kappa shape index (κ2) is 9.07. The van der Waals surface area contributed by atoms with E-state index in [9.17, 15) is 13.6 Å². The van der Waals surface area contributed by atoms with Gasteiger partial charge in [-0.2, -0.15) is 0 Å². The largest absolute Gasteiger partial charge is 0.401 e. The maximum Gasteiger partial charge on any atom is 0.323 e. The molecule has 0 spiro atoms. The Morgan fingerprint density at radius 1 is 0.684 bits per heavy atom. The van der Waals surface area contributed by atoms with Crippen molar-refractivity contribution in [2.45, 2.75) is 53.2 Å². The monoisotopic (exact) mass is 550 g/mol. The molecular weight excluding hydrogens is 526 g/mol. The van der Waals surface area contributed by atoms with Gasteiger partial charge in [-0.15, -0.1) is 0 Å². The van der Waals surface area contributed by atoms with Gasteiger partial charge in [-0.05, 0) is 68.4 Å². The Labute approximate surface area is 217 Å². The van der Waals surface area contributed by atoms with Crippen LogP contribution in [0.15, 0.2) is 69.3 Å². The molecule has 38 heavy (non-hydrogen) atoms. The third-order valence-corrected chi connectivity index (χ3v) is 11.5. The number of hydrogen-bond acceptors (Lipinski definition) is 2. The van der Waals surface area contributed by atoms with Gasteiger partial charge in [0.25, 0.3) is 0 Å². The molecule has 0 N–H and O–H groups in total. The fourth-order valence-electron chi connectivity index (χ4n) is 7.25. The van der Waals surface area contributed by atoms with Crippen molar-refractivity contribution in [3.8, 4) is 0 Å². The number of rotatable bonds is 5. The van der Waals surface area contributed by atoms with Crippen molar-refractivity contribution < 1.29 is 35.3 Å². The van der Waals surface area contributed by atoms with Gasteiger partial charge in [0.1, 0.15) is 44.7 Å². The van der Waals surface area contributed by atoms with Crippen molar-refractivity contribution in [2.24, 2.45) is 23.2 Å². The van der Waals surface area contributed by atoms with E-state index < -0.39 is 66.4 Å². The summed E-state index contributed by atoms with van der Waals surface area (Å²) in [4.78, 5) is 12.1. The maximum atomic E-state index is 15.6. The minimum atomic E-state index is -4.16. The summed E-state index contributed by atoms with van der Waals surface area (Å²) in [5, 5.41) is 0. The lowest BCUT2D eigenvalue weighted by molar-refractivity contribution is -0.160. The van der Waals surface area contributed by atoms with Gasteiger partial charge in [-0.1, -0.05) is 18.2 Å². The highest BCUT2D eigenvalue weighted by Crippen LogP contribution is 2.73. The van der Waals surface area contributed by atoms with Crippen LogP contribution in [0.3, 0.4) is 0 Å². The molecule has 3 aromatic carbocycles. The van der Waals surface area contributed by atoms with Gasteiger partial charge in [0.05, 0.1) is 5.41 Å². The molecule has 2 nitrogen and oxygen atoms in total. The summed E-state index contributed by atoms with van der Waals surface area (Å²) < 4.78 is 96.4. The van der Waals surface area contributed by atoms with Gasteiger partial charge in [0.15, 0.2) is 0 Å². The Morgan fingerprint density at radius 3 is 1.47 bits per heavy atom. The number of carbonyl (C=O) groups excluding carboxylic acids is 1. The van der Waals surface area contributed by atoms with E-state index >= 15 is 17.6 Å². The molecular formula is C29H24F6O2S. The van der Waals surface area contributed by atoms with Crippen molar-refractivity contribution in [2.75, 3.05) is 0 Å². The first-order chi connectivity index (χ1) is 18.1. The van der Waals surface area contributed by atoms with Crippen molar-refractivity contribution in [3.63, 3.8) is 0 Å². The first-order valence-electron chi connectivity index (χ1n) is 12.5. The summed E-state index contributed by atoms with van der Waals surface area (Å²) in [6.45, 7) is 0. The lowest BCUT2D eigenvalue weighted by Gasteiger charge is -2.56. The summed E-state index contributed by atoms with van der Waals surface area (Å²) in [6.07, 6.45) is 4.53. The molecule has 4 saturated carbocycles. The summed E-state index contributed by atoms with van der Waals surface area (Å²) in [5.74, 6) is -8.27. The number of benzene rings is 3. The molecule has 3 aromatic rings. The molecule has 0 atom stereocenters. The molecule has 9 heteroatoms. The Kier molecular flexibility index (Phi) is 6.05. The van der Waals surface area contributed by atoms with E-state index in [1.165, 1.54) is 24.3 Å². The van der Waals surface area contributed by atoms with Crippen LogP contribution in [0, 0.1) is 58.1 Å². The van der Waals surface area contributed by atoms with Gasteiger partial charge in [0, 0.05) is 39.5 Å². The zero-order valence-electron chi connectivity index (χ0n) is 20.2. The molecule has 4 fully saturated rings. The molecule has 0 aliphatic heterocycles. The molecule has 0 radical (unpaired) electrons. The second-order valence-corrected chi connectivity index (χ2v) is 13.4. The van der Waals surface area contributed by atoms with Crippen molar-refractivity contribution >= 4 is 16.3 Å². The average molecular weight is 551 g/mol. The SMILES string of the molecule is O=C(OS(c1ccccc1)(c1c(F)cc(F)cc1F)c1c(F)cc(F)cc1F)C12CC3CC(CC(C3)C1)C2. The van der Waals surface area contributed by atoms with Crippen LogP contribution in [0.25, 0.3) is 0 Å². The summed E-state index contributed by atoms with van der Waals surface area (Å²) >= 11 is 0. The van der Waals surface area contributed by atoms with Crippen molar-refractivity contribution in [3.05, 3.63) is 89.5 Å². The topological polar surface area (TPSA) is 26.3 Å². The van der Waals surface area contributed by atoms with Crippen LogP contribution < -0.4 is 0 Å². The fourth-order valence-corrected chi connectivity index (χ4v) is 10.5. The Hall–Kier alpha value is -2.94. The third kappa shape index (κ3) is 3.92. The van der Waals surface area contributed by atoms with E-state index in [2.05, 4.69) is 0 Å². The van der Waals surface area contributed by atoms with Crippen LogP contribution >= 0.6 is 10.3 Å². The first-order valence-corrected chi connectivity index (χ1v) is 14.1. The normalized spacial score (nSPS) is 26.4. The summed E-state index contributed by atoms with van der Waals surface area (Å²) in [7, 11) is -4.16. The van der Waals surface area contributed by atoms with Crippen LogP contribution in [0.1, 0.15) is 38.5 Å². The number of carbonyl (C=O) groups is 1. The maximum absolute atomic E-state index is 15.6. The Balaban J connectivity index is 1.63. The van der Waals surface area contributed by atoms with Crippen LogP contribution in [0.5, 0.6) is 0 Å². The summed E-state index contributed by atoms with van der Waals surface area (Å²) in [6, 6.07) is 8.69. The quantitative estimate of drug-likeness (QED) is 0.298. The van der Waals surface area contributed by atoms with Crippen molar-refractivity contribution in [1.82, 2.24) is 0 Å². The highest BCUT2D eigenvalue weighted by atomic mass is 32.3. The number of halogens is 6. The van der Waals surface area contributed by atoms with Crippen LogP contribution in [0.4, 0.5) is 26.3 Å². The Bertz CT molecular complexity index is 1290. The van der Waals surface area contributed by atoms with Crippen LogP contribution in [-0.2, 0) is 8.98 Å². The predicted molar refractivity (Wildman–Crippen MR) is 128 cm³/mol. The van der Waals surface area contributed by atoms with Gasteiger partial charge < -0.3 is 4.18 Å². The Morgan fingerprint density at radius 2 is 1.08 bits per heavy atom. The van der Waals surface area contributed by atoms with Crippen LogP contribution in [0.2, 0.25) is 0 Å². The van der Waals surface area contributed by atoms with E-state index in [1.54, 1.807) is 6.07 Å². The van der Waals surface area contributed by atoms with E-state index in [0.717, 1.165) is 19.3 Å². The molecule has 0 saturated heterocycles.